The molecule has 142 valence electrons. The summed E-state index contributed by atoms with van der Waals surface area (Å²) in [5.74, 6) is 0.940. The SMILES string of the molecule is CC12CC=C3C4OC45CC(O)CCC5CC[C@]3(O)C1CCC2.CNC. The van der Waals surface area contributed by atoms with Gasteiger partial charge in [-0.05, 0) is 81.9 Å². The maximum absolute atomic E-state index is 11.7. The molecule has 1 spiro atoms. The van der Waals surface area contributed by atoms with Crippen molar-refractivity contribution in [2.45, 2.75) is 88.1 Å². The molecule has 0 bridgehead atoms. The first kappa shape index (κ1) is 18.0. The van der Waals surface area contributed by atoms with E-state index in [0.717, 1.165) is 44.9 Å². The summed E-state index contributed by atoms with van der Waals surface area (Å²) < 4.78 is 6.25. The zero-order chi connectivity index (χ0) is 17.9. The largest absolute Gasteiger partial charge is 0.393 e. The number of nitrogens with one attached hydrogen (secondary N) is 1. The molecule has 1 aliphatic heterocycles. The van der Waals surface area contributed by atoms with E-state index in [1.165, 1.54) is 18.4 Å². The van der Waals surface area contributed by atoms with Crippen molar-refractivity contribution in [2.75, 3.05) is 14.1 Å². The molecule has 0 amide bonds. The summed E-state index contributed by atoms with van der Waals surface area (Å²) in [4.78, 5) is 0. The number of hydrogen-bond acceptors (Lipinski definition) is 4. The van der Waals surface area contributed by atoms with Gasteiger partial charge in [0.1, 0.15) is 11.7 Å². The Morgan fingerprint density at radius 3 is 2.68 bits per heavy atom. The van der Waals surface area contributed by atoms with Crippen LogP contribution in [0.25, 0.3) is 0 Å². The van der Waals surface area contributed by atoms with E-state index in [1.54, 1.807) is 0 Å². The molecule has 4 fully saturated rings. The van der Waals surface area contributed by atoms with Gasteiger partial charge in [-0.2, -0.15) is 0 Å². The first-order chi connectivity index (χ1) is 11.9. The lowest BCUT2D eigenvalue weighted by atomic mass is 9.60. The molecule has 4 heteroatoms. The number of epoxide rings is 1. The van der Waals surface area contributed by atoms with Crippen molar-refractivity contribution in [2.24, 2.45) is 17.3 Å². The second kappa shape index (κ2) is 6.05. The van der Waals surface area contributed by atoms with E-state index >= 15 is 0 Å². The van der Waals surface area contributed by atoms with Crippen LogP contribution in [0.15, 0.2) is 11.6 Å². The lowest BCUT2D eigenvalue weighted by Crippen LogP contribution is -2.49. The summed E-state index contributed by atoms with van der Waals surface area (Å²) in [5, 5.41) is 24.6. The third kappa shape index (κ3) is 2.55. The monoisotopic (exact) mass is 349 g/mol. The minimum atomic E-state index is -0.639. The molecule has 7 atom stereocenters. The number of allylic oxidation sites excluding steroid dienone is 1. The minimum Gasteiger partial charge on any atom is -0.393 e. The highest BCUT2D eigenvalue weighted by molar-refractivity contribution is 5.39. The van der Waals surface area contributed by atoms with E-state index in [-0.39, 0.29) is 23.2 Å². The minimum absolute atomic E-state index is 0.0881. The van der Waals surface area contributed by atoms with Crippen molar-refractivity contribution in [1.29, 1.82) is 0 Å². The van der Waals surface area contributed by atoms with Gasteiger partial charge in [-0.1, -0.05) is 19.4 Å². The molecule has 0 aromatic heterocycles. The highest BCUT2D eigenvalue weighted by Crippen LogP contribution is 2.66. The molecular weight excluding hydrogens is 314 g/mol. The Morgan fingerprint density at radius 2 is 1.92 bits per heavy atom. The molecule has 1 saturated heterocycles. The molecule has 0 aromatic rings. The molecule has 1 heterocycles. The molecule has 5 aliphatic rings. The standard InChI is InChI=1S/C19H28O3.C2H7N/c1-17-8-2-3-15(17)18(21)10-6-12-4-5-13(20)11-19(12)16(22-19)14(18)7-9-17;1-3-2/h7,12-13,15-16,20-21H,2-6,8-11H2,1H3;3H,1-2H3/t12?,13?,15?,16?,17?,18-,19?;/m1./s1. The number of hydrogen-bond donors (Lipinski definition) is 3. The number of aliphatic hydroxyl groups is 2. The number of ether oxygens (including phenoxy) is 1. The molecule has 6 unspecified atom stereocenters. The second-order valence-electron chi connectivity index (χ2n) is 9.51. The van der Waals surface area contributed by atoms with Crippen LogP contribution in [0, 0.1) is 17.3 Å². The lowest BCUT2D eigenvalue weighted by Gasteiger charge is -2.47. The summed E-state index contributed by atoms with van der Waals surface area (Å²) in [6, 6.07) is 0. The normalized spacial score (nSPS) is 53.1. The lowest BCUT2D eigenvalue weighted by molar-refractivity contribution is -0.0549. The Bertz CT molecular complexity index is 563. The summed E-state index contributed by atoms with van der Waals surface area (Å²) in [6.45, 7) is 2.38. The van der Waals surface area contributed by atoms with Gasteiger partial charge in [0.15, 0.2) is 0 Å². The smallest absolute Gasteiger partial charge is 0.112 e. The van der Waals surface area contributed by atoms with Crippen LogP contribution in [-0.2, 0) is 4.74 Å². The fraction of sp³-hybridized carbons (Fsp3) is 0.905. The third-order valence-electron chi connectivity index (χ3n) is 7.92. The van der Waals surface area contributed by atoms with Gasteiger partial charge in [0.2, 0.25) is 0 Å². The Morgan fingerprint density at radius 1 is 1.16 bits per heavy atom. The first-order valence-electron chi connectivity index (χ1n) is 10.3. The topological polar surface area (TPSA) is 65.0 Å². The quantitative estimate of drug-likeness (QED) is 0.465. The molecule has 0 radical (unpaired) electrons. The zero-order valence-corrected chi connectivity index (χ0v) is 16.1. The van der Waals surface area contributed by atoms with Crippen LogP contribution in [0.2, 0.25) is 0 Å². The number of aliphatic hydroxyl groups excluding tert-OH is 1. The van der Waals surface area contributed by atoms with E-state index in [2.05, 4.69) is 18.3 Å². The van der Waals surface area contributed by atoms with Gasteiger partial charge in [0.05, 0.1) is 11.7 Å². The highest BCUT2D eigenvalue weighted by atomic mass is 16.6. The van der Waals surface area contributed by atoms with Crippen LogP contribution >= 0.6 is 0 Å². The fourth-order valence-electron chi connectivity index (χ4n) is 6.70. The maximum Gasteiger partial charge on any atom is 0.112 e. The number of rotatable bonds is 0. The van der Waals surface area contributed by atoms with E-state index < -0.39 is 5.60 Å². The Kier molecular flexibility index (Phi) is 4.35. The van der Waals surface area contributed by atoms with Gasteiger partial charge >= 0.3 is 0 Å². The molecule has 5 rings (SSSR count). The van der Waals surface area contributed by atoms with Gasteiger partial charge in [-0.25, -0.2) is 0 Å². The van der Waals surface area contributed by atoms with Crippen molar-refractivity contribution in [3.63, 3.8) is 0 Å². The van der Waals surface area contributed by atoms with Crippen LogP contribution < -0.4 is 5.32 Å². The van der Waals surface area contributed by atoms with Crippen LogP contribution in [-0.4, -0.2) is 47.7 Å². The van der Waals surface area contributed by atoms with Gasteiger partial charge in [-0.15, -0.1) is 0 Å². The molecule has 4 aliphatic carbocycles. The second-order valence-corrected chi connectivity index (χ2v) is 9.51. The number of fused-ring (bicyclic) bond motifs is 4. The van der Waals surface area contributed by atoms with Crippen LogP contribution in [0.1, 0.15) is 64.7 Å². The van der Waals surface area contributed by atoms with Crippen LogP contribution in [0.3, 0.4) is 0 Å². The van der Waals surface area contributed by atoms with Crippen molar-refractivity contribution < 1.29 is 14.9 Å². The van der Waals surface area contributed by atoms with Crippen molar-refractivity contribution >= 4 is 0 Å². The molecule has 3 saturated carbocycles. The Balaban J connectivity index is 0.000000490. The van der Waals surface area contributed by atoms with Gasteiger partial charge in [-0.3, -0.25) is 0 Å². The summed E-state index contributed by atoms with van der Waals surface area (Å²) in [7, 11) is 3.75. The first-order valence-corrected chi connectivity index (χ1v) is 10.3. The van der Waals surface area contributed by atoms with Gasteiger partial charge in [0.25, 0.3) is 0 Å². The predicted molar refractivity (Wildman–Crippen MR) is 98.3 cm³/mol. The van der Waals surface area contributed by atoms with Gasteiger partial charge < -0.3 is 20.3 Å². The Labute approximate surface area is 152 Å². The zero-order valence-electron chi connectivity index (χ0n) is 16.1. The fourth-order valence-corrected chi connectivity index (χ4v) is 6.70. The average Bonchev–Trinajstić information content (AvgIpc) is 3.09. The summed E-state index contributed by atoms with van der Waals surface area (Å²) in [6.07, 6.45) is 11.7. The van der Waals surface area contributed by atoms with Crippen molar-refractivity contribution in [3.8, 4) is 0 Å². The predicted octanol–water partition coefficient (Wildman–Crippen LogP) is 2.78. The summed E-state index contributed by atoms with van der Waals surface area (Å²) >= 11 is 0. The highest BCUT2D eigenvalue weighted by Gasteiger charge is 2.70. The third-order valence-corrected chi connectivity index (χ3v) is 7.92. The van der Waals surface area contributed by atoms with E-state index in [4.69, 9.17) is 4.74 Å². The average molecular weight is 350 g/mol. The van der Waals surface area contributed by atoms with Crippen LogP contribution in [0.5, 0.6) is 0 Å². The molecule has 3 N–H and O–H groups in total. The molecule has 0 aromatic carbocycles. The van der Waals surface area contributed by atoms with Gasteiger partial charge in [0, 0.05) is 6.42 Å². The maximum atomic E-state index is 11.7. The van der Waals surface area contributed by atoms with E-state index in [0.29, 0.717) is 11.8 Å². The molecule has 25 heavy (non-hydrogen) atoms. The van der Waals surface area contributed by atoms with E-state index in [9.17, 15) is 10.2 Å². The van der Waals surface area contributed by atoms with Crippen molar-refractivity contribution in [1.82, 2.24) is 5.32 Å². The van der Waals surface area contributed by atoms with Crippen molar-refractivity contribution in [3.05, 3.63) is 11.6 Å². The molecule has 4 nitrogen and oxygen atoms in total. The van der Waals surface area contributed by atoms with E-state index in [1.807, 2.05) is 14.1 Å². The summed E-state index contributed by atoms with van der Waals surface area (Å²) in [5.41, 5.74) is 0.698. The molecular formula is C21H35NO3. The van der Waals surface area contributed by atoms with Crippen LogP contribution in [0.4, 0.5) is 0 Å². The Hall–Kier alpha value is -0.420.